The van der Waals surface area contributed by atoms with Gasteiger partial charge in [0.25, 0.3) is 5.91 Å². The number of nitrogens with one attached hydrogen (secondary N) is 2. The standard InChI is InChI=1S/C17H23N3O/c1-12(2)19-15-6-9-20(10-7-15)17(21)14-4-3-13-5-8-18-16(13)11-14/h3-5,8,11-12,15,18-19H,6-7,9-10H2,1-2H3. The zero-order chi connectivity index (χ0) is 14.8. The van der Waals surface area contributed by atoms with Crippen molar-refractivity contribution in [3.8, 4) is 0 Å². The molecule has 0 unspecified atom stereocenters. The van der Waals surface area contributed by atoms with Gasteiger partial charge >= 0.3 is 0 Å². The van der Waals surface area contributed by atoms with Gasteiger partial charge in [0.05, 0.1) is 0 Å². The second-order valence-corrected chi connectivity index (χ2v) is 6.17. The lowest BCUT2D eigenvalue weighted by molar-refractivity contribution is 0.0703. The first-order valence-electron chi connectivity index (χ1n) is 7.76. The van der Waals surface area contributed by atoms with Crippen LogP contribution in [0, 0.1) is 0 Å². The zero-order valence-electron chi connectivity index (χ0n) is 12.7. The van der Waals surface area contributed by atoms with Crippen molar-refractivity contribution in [1.82, 2.24) is 15.2 Å². The molecule has 0 aliphatic carbocycles. The van der Waals surface area contributed by atoms with Crippen LogP contribution in [0.3, 0.4) is 0 Å². The highest BCUT2D eigenvalue weighted by atomic mass is 16.2. The average Bonchev–Trinajstić information content (AvgIpc) is 2.94. The van der Waals surface area contributed by atoms with E-state index in [1.54, 1.807) is 0 Å². The molecule has 1 aromatic carbocycles. The molecule has 0 spiro atoms. The Kier molecular flexibility index (Phi) is 3.97. The van der Waals surface area contributed by atoms with Gasteiger partial charge in [0.1, 0.15) is 0 Å². The summed E-state index contributed by atoms with van der Waals surface area (Å²) < 4.78 is 0. The quantitative estimate of drug-likeness (QED) is 0.911. The number of aromatic amines is 1. The minimum atomic E-state index is 0.148. The number of carbonyl (C=O) groups excluding carboxylic acids is 1. The first-order chi connectivity index (χ1) is 10.1. The normalized spacial score (nSPS) is 16.8. The summed E-state index contributed by atoms with van der Waals surface area (Å²) in [6, 6.07) is 8.96. The van der Waals surface area contributed by atoms with Gasteiger partial charge in [-0.1, -0.05) is 19.9 Å². The fourth-order valence-corrected chi connectivity index (χ4v) is 3.08. The number of benzene rings is 1. The molecule has 0 atom stereocenters. The summed E-state index contributed by atoms with van der Waals surface area (Å²) in [5.41, 5.74) is 1.80. The predicted octanol–water partition coefficient (Wildman–Crippen LogP) is 2.77. The van der Waals surface area contributed by atoms with Gasteiger partial charge in [0.2, 0.25) is 0 Å². The number of piperidine rings is 1. The Morgan fingerprint density at radius 2 is 2.05 bits per heavy atom. The molecule has 1 aliphatic rings. The number of fused-ring (bicyclic) bond motifs is 1. The van der Waals surface area contributed by atoms with Gasteiger partial charge in [0.15, 0.2) is 0 Å². The highest BCUT2D eigenvalue weighted by Gasteiger charge is 2.23. The molecule has 1 saturated heterocycles. The Balaban J connectivity index is 1.66. The molecule has 2 aromatic rings. The van der Waals surface area contributed by atoms with E-state index in [2.05, 4.69) is 24.1 Å². The molecule has 0 bridgehead atoms. The summed E-state index contributed by atoms with van der Waals surface area (Å²) in [6.07, 6.45) is 3.98. The molecule has 2 heterocycles. The zero-order valence-corrected chi connectivity index (χ0v) is 12.7. The van der Waals surface area contributed by atoms with Crippen LogP contribution in [0.1, 0.15) is 37.0 Å². The fraction of sp³-hybridized carbons (Fsp3) is 0.471. The van der Waals surface area contributed by atoms with E-state index in [-0.39, 0.29) is 5.91 Å². The lowest BCUT2D eigenvalue weighted by atomic mass is 10.0. The van der Waals surface area contributed by atoms with E-state index in [0.717, 1.165) is 42.4 Å². The second-order valence-electron chi connectivity index (χ2n) is 6.17. The maximum absolute atomic E-state index is 12.6. The molecule has 4 nitrogen and oxygen atoms in total. The van der Waals surface area contributed by atoms with E-state index in [1.165, 1.54) is 0 Å². The average molecular weight is 285 g/mol. The van der Waals surface area contributed by atoms with Gasteiger partial charge in [-0.15, -0.1) is 0 Å². The summed E-state index contributed by atoms with van der Waals surface area (Å²) in [4.78, 5) is 17.7. The molecule has 1 fully saturated rings. The van der Waals surface area contributed by atoms with Gasteiger partial charge in [-0.3, -0.25) is 4.79 Å². The van der Waals surface area contributed by atoms with E-state index in [4.69, 9.17) is 0 Å². The third-order valence-electron chi connectivity index (χ3n) is 4.15. The number of hydrogen-bond acceptors (Lipinski definition) is 2. The third kappa shape index (κ3) is 3.10. The summed E-state index contributed by atoms with van der Waals surface area (Å²) in [7, 11) is 0. The second kappa shape index (κ2) is 5.90. The molecule has 1 aromatic heterocycles. The van der Waals surface area contributed by atoms with Crippen LogP contribution in [0.5, 0.6) is 0 Å². The molecular weight excluding hydrogens is 262 g/mol. The monoisotopic (exact) mass is 285 g/mol. The van der Waals surface area contributed by atoms with Gasteiger partial charge in [-0.2, -0.15) is 0 Å². The number of amides is 1. The van der Waals surface area contributed by atoms with Crippen LogP contribution in [0.2, 0.25) is 0 Å². The van der Waals surface area contributed by atoms with Crippen LogP contribution in [-0.2, 0) is 0 Å². The van der Waals surface area contributed by atoms with E-state index in [9.17, 15) is 4.79 Å². The highest BCUT2D eigenvalue weighted by Crippen LogP contribution is 2.18. The van der Waals surface area contributed by atoms with Crippen LogP contribution >= 0.6 is 0 Å². The number of aromatic nitrogens is 1. The summed E-state index contributed by atoms with van der Waals surface area (Å²) in [5.74, 6) is 0.148. The first-order valence-corrected chi connectivity index (χ1v) is 7.76. The van der Waals surface area contributed by atoms with Crippen molar-refractivity contribution >= 4 is 16.8 Å². The molecule has 3 rings (SSSR count). The van der Waals surface area contributed by atoms with Gasteiger partial charge in [-0.05, 0) is 36.4 Å². The van der Waals surface area contributed by atoms with Crippen LogP contribution in [0.15, 0.2) is 30.5 Å². The van der Waals surface area contributed by atoms with Crippen molar-refractivity contribution in [2.75, 3.05) is 13.1 Å². The van der Waals surface area contributed by atoms with E-state index in [0.29, 0.717) is 12.1 Å². The smallest absolute Gasteiger partial charge is 0.253 e. The Morgan fingerprint density at radius 3 is 2.76 bits per heavy atom. The maximum Gasteiger partial charge on any atom is 0.253 e. The number of H-pyrrole nitrogens is 1. The van der Waals surface area contributed by atoms with E-state index >= 15 is 0 Å². The van der Waals surface area contributed by atoms with Gasteiger partial charge in [-0.25, -0.2) is 0 Å². The minimum Gasteiger partial charge on any atom is -0.361 e. The molecule has 2 N–H and O–H groups in total. The number of nitrogens with zero attached hydrogens (tertiary/aromatic N) is 1. The Bertz CT molecular complexity index is 624. The van der Waals surface area contributed by atoms with Crippen molar-refractivity contribution in [3.05, 3.63) is 36.0 Å². The van der Waals surface area contributed by atoms with Crippen LogP contribution in [0.4, 0.5) is 0 Å². The Morgan fingerprint density at radius 1 is 1.29 bits per heavy atom. The van der Waals surface area contributed by atoms with Gasteiger partial charge in [0, 0.05) is 42.5 Å². The summed E-state index contributed by atoms with van der Waals surface area (Å²) in [6.45, 7) is 6.02. The summed E-state index contributed by atoms with van der Waals surface area (Å²) in [5, 5.41) is 4.70. The first kappa shape index (κ1) is 14.1. The molecule has 1 aliphatic heterocycles. The van der Waals surface area contributed by atoms with E-state index < -0.39 is 0 Å². The lowest BCUT2D eigenvalue weighted by Gasteiger charge is -2.33. The predicted molar refractivity (Wildman–Crippen MR) is 85.5 cm³/mol. The molecule has 21 heavy (non-hydrogen) atoms. The molecule has 0 radical (unpaired) electrons. The molecule has 0 saturated carbocycles. The summed E-state index contributed by atoms with van der Waals surface area (Å²) >= 11 is 0. The Hall–Kier alpha value is -1.81. The maximum atomic E-state index is 12.6. The van der Waals surface area contributed by atoms with Crippen molar-refractivity contribution in [2.24, 2.45) is 0 Å². The number of carbonyl (C=O) groups is 1. The van der Waals surface area contributed by atoms with Crippen LogP contribution in [-0.4, -0.2) is 41.0 Å². The van der Waals surface area contributed by atoms with Crippen molar-refractivity contribution in [1.29, 1.82) is 0 Å². The SMILES string of the molecule is CC(C)NC1CCN(C(=O)c2ccc3cc[nH]c3c2)CC1. The molecule has 1 amide bonds. The lowest BCUT2D eigenvalue weighted by Crippen LogP contribution is -2.46. The highest BCUT2D eigenvalue weighted by molar-refractivity contribution is 5.98. The van der Waals surface area contributed by atoms with Crippen LogP contribution < -0.4 is 5.32 Å². The third-order valence-corrected chi connectivity index (χ3v) is 4.15. The topological polar surface area (TPSA) is 48.1 Å². The molecule has 112 valence electrons. The fourth-order valence-electron chi connectivity index (χ4n) is 3.08. The molecular formula is C17H23N3O. The van der Waals surface area contributed by atoms with Crippen LogP contribution in [0.25, 0.3) is 10.9 Å². The largest absolute Gasteiger partial charge is 0.361 e. The number of hydrogen-bond donors (Lipinski definition) is 2. The number of rotatable bonds is 3. The number of likely N-dealkylation sites (tertiary alicyclic amines) is 1. The van der Waals surface area contributed by atoms with Crippen molar-refractivity contribution in [3.63, 3.8) is 0 Å². The van der Waals surface area contributed by atoms with E-state index in [1.807, 2.05) is 35.4 Å². The Labute approximate surface area is 125 Å². The minimum absolute atomic E-state index is 0.148. The van der Waals surface area contributed by atoms with Crippen molar-refractivity contribution < 1.29 is 4.79 Å². The van der Waals surface area contributed by atoms with Gasteiger partial charge < -0.3 is 15.2 Å². The van der Waals surface area contributed by atoms with Crippen molar-refractivity contribution in [2.45, 2.75) is 38.8 Å². The molecule has 4 heteroatoms.